The lowest BCUT2D eigenvalue weighted by atomic mass is 9.85. The first-order valence-corrected chi connectivity index (χ1v) is 8.77. The summed E-state index contributed by atoms with van der Waals surface area (Å²) in [5.41, 5.74) is 0. The molecule has 0 spiro atoms. The molecule has 0 saturated heterocycles. The summed E-state index contributed by atoms with van der Waals surface area (Å²) in [4.78, 5) is 27.2. The number of carboxylic acid groups (broad SMARTS) is 1. The number of nitrogens with zero attached hydrogens (tertiary/aromatic N) is 1. The van der Waals surface area contributed by atoms with E-state index in [-0.39, 0.29) is 23.7 Å². The van der Waals surface area contributed by atoms with Crippen molar-refractivity contribution in [3.63, 3.8) is 0 Å². The third-order valence-electron chi connectivity index (χ3n) is 4.43. The second kappa shape index (κ2) is 7.35. The number of rotatable bonds is 3. The third-order valence-corrected chi connectivity index (χ3v) is 4.89. The summed E-state index contributed by atoms with van der Waals surface area (Å²) >= 11 is 3.25. The minimum atomic E-state index is -1.04. The van der Waals surface area contributed by atoms with E-state index in [4.69, 9.17) is 5.11 Å². The lowest BCUT2D eigenvalue weighted by Crippen LogP contribution is -2.38. The van der Waals surface area contributed by atoms with Gasteiger partial charge < -0.3 is 15.7 Å². The number of halogens is 2. The number of amides is 2. The van der Waals surface area contributed by atoms with E-state index in [1.54, 1.807) is 12.1 Å². The zero-order chi connectivity index (χ0) is 18.0. The topological polar surface area (TPSA) is 91.3 Å². The van der Waals surface area contributed by atoms with Crippen LogP contribution in [0.15, 0.2) is 28.9 Å². The van der Waals surface area contributed by atoms with Crippen LogP contribution in [0.2, 0.25) is 0 Å². The van der Waals surface area contributed by atoms with E-state index in [0.717, 1.165) is 0 Å². The monoisotopic (exact) mass is 409 g/mol. The number of carbonyl (C=O) groups excluding carboxylic acids is 1. The number of anilines is 1. The molecule has 1 aromatic heterocycles. The van der Waals surface area contributed by atoms with Crippen LogP contribution in [0.5, 0.6) is 0 Å². The van der Waals surface area contributed by atoms with E-state index in [0.29, 0.717) is 46.7 Å². The maximum Gasteiger partial charge on any atom is 0.404 e. The summed E-state index contributed by atoms with van der Waals surface area (Å²) in [5.74, 6) is -0.320. The Morgan fingerprint density at radius 1 is 1.20 bits per heavy atom. The van der Waals surface area contributed by atoms with Gasteiger partial charge in [-0.15, -0.1) is 0 Å². The molecule has 2 amide bonds. The van der Waals surface area contributed by atoms with Gasteiger partial charge in [0, 0.05) is 28.0 Å². The fraction of sp³-hybridized carbons (Fsp3) is 0.353. The Morgan fingerprint density at radius 2 is 1.92 bits per heavy atom. The van der Waals surface area contributed by atoms with Crippen molar-refractivity contribution in [2.45, 2.75) is 31.7 Å². The Kier molecular flexibility index (Phi) is 5.17. The predicted molar refractivity (Wildman–Crippen MR) is 94.9 cm³/mol. The van der Waals surface area contributed by atoms with Crippen LogP contribution in [-0.4, -0.2) is 28.1 Å². The van der Waals surface area contributed by atoms with Crippen LogP contribution in [0.25, 0.3) is 10.8 Å². The predicted octanol–water partition coefficient (Wildman–Crippen LogP) is 3.90. The highest BCUT2D eigenvalue weighted by Gasteiger charge is 2.27. The van der Waals surface area contributed by atoms with Crippen LogP contribution in [0, 0.1) is 11.7 Å². The summed E-state index contributed by atoms with van der Waals surface area (Å²) in [6.45, 7) is 0. The molecule has 6 nitrogen and oxygen atoms in total. The molecule has 1 fully saturated rings. The summed E-state index contributed by atoms with van der Waals surface area (Å²) in [6, 6.07) is 4.67. The zero-order valence-corrected chi connectivity index (χ0v) is 14.8. The molecular formula is C17H17BrFN3O3. The standard InChI is InChI=1S/C17H17BrFN3O3/c18-11-5-10-6-15(20-8-13(10)14(19)7-11)22-16(23)9-1-3-12(4-2-9)21-17(24)25/h5-9,12,21H,1-4H2,(H,24,25)(H,20,22,23). The van der Waals surface area contributed by atoms with Gasteiger partial charge in [-0.1, -0.05) is 15.9 Å². The normalized spacial score (nSPS) is 20.2. The van der Waals surface area contributed by atoms with E-state index in [1.807, 2.05) is 0 Å². The number of carbonyl (C=O) groups is 2. The van der Waals surface area contributed by atoms with Gasteiger partial charge in [0.15, 0.2) is 0 Å². The first-order chi connectivity index (χ1) is 11.9. The van der Waals surface area contributed by atoms with Crippen LogP contribution in [0.1, 0.15) is 25.7 Å². The summed E-state index contributed by atoms with van der Waals surface area (Å²) in [7, 11) is 0. The van der Waals surface area contributed by atoms with Crippen LogP contribution >= 0.6 is 15.9 Å². The lowest BCUT2D eigenvalue weighted by molar-refractivity contribution is -0.120. The number of aromatic nitrogens is 1. The minimum Gasteiger partial charge on any atom is -0.465 e. The van der Waals surface area contributed by atoms with E-state index < -0.39 is 6.09 Å². The minimum absolute atomic E-state index is 0.0966. The van der Waals surface area contributed by atoms with Crippen molar-refractivity contribution in [3.8, 4) is 0 Å². The number of benzene rings is 1. The molecule has 0 unspecified atom stereocenters. The number of pyridine rings is 1. The van der Waals surface area contributed by atoms with E-state index in [9.17, 15) is 14.0 Å². The maximum atomic E-state index is 13.9. The molecule has 3 N–H and O–H groups in total. The number of hydrogen-bond donors (Lipinski definition) is 3. The van der Waals surface area contributed by atoms with Gasteiger partial charge in [0.2, 0.25) is 5.91 Å². The summed E-state index contributed by atoms with van der Waals surface area (Å²) in [6.07, 6.45) is 2.86. The van der Waals surface area contributed by atoms with Gasteiger partial charge in [-0.3, -0.25) is 4.79 Å². The Balaban J connectivity index is 1.65. The molecule has 8 heteroatoms. The molecule has 132 valence electrons. The van der Waals surface area contributed by atoms with Gasteiger partial charge in [-0.25, -0.2) is 14.2 Å². The summed E-state index contributed by atoms with van der Waals surface area (Å²) < 4.78 is 14.5. The highest BCUT2D eigenvalue weighted by atomic mass is 79.9. The highest BCUT2D eigenvalue weighted by Crippen LogP contribution is 2.27. The van der Waals surface area contributed by atoms with Crippen molar-refractivity contribution < 1.29 is 19.1 Å². The molecule has 1 aliphatic rings. The lowest BCUT2D eigenvalue weighted by Gasteiger charge is -2.27. The van der Waals surface area contributed by atoms with Crippen molar-refractivity contribution in [2.24, 2.45) is 5.92 Å². The molecule has 1 aromatic carbocycles. The molecule has 0 radical (unpaired) electrons. The molecule has 1 heterocycles. The van der Waals surface area contributed by atoms with Crippen molar-refractivity contribution in [3.05, 3.63) is 34.7 Å². The molecule has 3 rings (SSSR count). The molecule has 2 aromatic rings. The van der Waals surface area contributed by atoms with E-state index in [2.05, 4.69) is 31.5 Å². The van der Waals surface area contributed by atoms with E-state index >= 15 is 0 Å². The molecule has 0 bridgehead atoms. The van der Waals surface area contributed by atoms with Gasteiger partial charge in [-0.05, 0) is 49.3 Å². The SMILES string of the molecule is O=C(O)NC1CCC(C(=O)Nc2cc3cc(Br)cc(F)c3cn2)CC1. The first kappa shape index (κ1) is 17.6. The van der Waals surface area contributed by atoms with Crippen LogP contribution in [0.3, 0.4) is 0 Å². The number of hydrogen-bond acceptors (Lipinski definition) is 3. The molecule has 25 heavy (non-hydrogen) atoms. The Hall–Kier alpha value is -2.22. The zero-order valence-electron chi connectivity index (χ0n) is 13.3. The Labute approximate surface area is 151 Å². The molecular weight excluding hydrogens is 393 g/mol. The van der Waals surface area contributed by atoms with Crippen molar-refractivity contribution >= 4 is 44.5 Å². The van der Waals surface area contributed by atoms with Crippen molar-refractivity contribution in [1.82, 2.24) is 10.3 Å². The van der Waals surface area contributed by atoms with Crippen molar-refractivity contribution in [1.29, 1.82) is 0 Å². The molecule has 0 atom stereocenters. The van der Waals surface area contributed by atoms with Gasteiger partial charge >= 0.3 is 6.09 Å². The van der Waals surface area contributed by atoms with Crippen molar-refractivity contribution in [2.75, 3.05) is 5.32 Å². The average molecular weight is 410 g/mol. The number of fused-ring (bicyclic) bond motifs is 1. The first-order valence-electron chi connectivity index (χ1n) is 7.97. The van der Waals surface area contributed by atoms with Crippen LogP contribution in [0.4, 0.5) is 15.0 Å². The van der Waals surface area contributed by atoms with Gasteiger partial charge in [-0.2, -0.15) is 0 Å². The fourth-order valence-corrected chi connectivity index (χ4v) is 3.60. The Morgan fingerprint density at radius 3 is 2.60 bits per heavy atom. The quantitative estimate of drug-likeness (QED) is 0.716. The highest BCUT2D eigenvalue weighted by molar-refractivity contribution is 9.10. The molecule has 1 aliphatic carbocycles. The maximum absolute atomic E-state index is 13.9. The second-order valence-electron chi connectivity index (χ2n) is 6.17. The molecule has 1 saturated carbocycles. The van der Waals surface area contributed by atoms with E-state index in [1.165, 1.54) is 12.3 Å². The fourth-order valence-electron chi connectivity index (χ4n) is 3.15. The average Bonchev–Trinajstić information content (AvgIpc) is 2.54. The van der Waals surface area contributed by atoms with Gasteiger partial charge in [0.25, 0.3) is 0 Å². The molecule has 0 aliphatic heterocycles. The smallest absolute Gasteiger partial charge is 0.404 e. The number of nitrogens with one attached hydrogen (secondary N) is 2. The summed E-state index contributed by atoms with van der Waals surface area (Å²) in [5, 5.41) is 15.0. The van der Waals surface area contributed by atoms with Gasteiger partial charge in [0.05, 0.1) is 0 Å². The Bertz CT molecular complexity index is 822. The largest absolute Gasteiger partial charge is 0.465 e. The third kappa shape index (κ3) is 4.25. The van der Waals surface area contributed by atoms with Crippen LogP contribution < -0.4 is 10.6 Å². The van der Waals surface area contributed by atoms with Crippen LogP contribution in [-0.2, 0) is 4.79 Å². The second-order valence-corrected chi connectivity index (χ2v) is 7.08. The van der Waals surface area contributed by atoms with Gasteiger partial charge in [0.1, 0.15) is 11.6 Å².